The molecule has 0 saturated heterocycles. The van der Waals surface area contributed by atoms with Crippen LogP contribution < -0.4 is 0 Å². The van der Waals surface area contributed by atoms with Crippen molar-refractivity contribution in [3.05, 3.63) is 59.8 Å². The number of furan rings is 1. The van der Waals surface area contributed by atoms with E-state index in [9.17, 15) is 14.3 Å². The number of aliphatic hydroxyl groups excluding tert-OH is 1. The van der Waals surface area contributed by atoms with E-state index in [1.807, 2.05) is 17.9 Å². The molecule has 0 aliphatic rings. The van der Waals surface area contributed by atoms with Gasteiger partial charge in [-0.3, -0.25) is 9.69 Å². The Hall–Kier alpha value is -2.18. The van der Waals surface area contributed by atoms with E-state index in [1.54, 1.807) is 30.5 Å². The number of hydrogen-bond donors (Lipinski definition) is 1. The van der Waals surface area contributed by atoms with Crippen LogP contribution in [0.1, 0.15) is 31.1 Å². The number of rotatable bonds is 10. The van der Waals surface area contributed by atoms with E-state index in [0.29, 0.717) is 37.3 Å². The molecule has 0 aliphatic heterocycles. The van der Waals surface area contributed by atoms with E-state index in [0.717, 1.165) is 0 Å². The lowest BCUT2D eigenvalue weighted by Gasteiger charge is -2.24. The van der Waals surface area contributed by atoms with Crippen LogP contribution in [0.2, 0.25) is 0 Å². The fourth-order valence-electron chi connectivity index (χ4n) is 2.49. The third-order valence-corrected chi connectivity index (χ3v) is 3.67. The van der Waals surface area contributed by atoms with Gasteiger partial charge in [0.05, 0.1) is 12.8 Å². The van der Waals surface area contributed by atoms with Crippen molar-refractivity contribution in [2.24, 2.45) is 0 Å². The Kier molecular flexibility index (Phi) is 7.63. The lowest BCUT2D eigenvalue weighted by Crippen LogP contribution is -2.35. The standard InChI is InChI=1S/C19H24FNO4/c1-2-6-19(23)25-14-16(22)12-21(13-17-8-5-10-24-17)11-15-7-3-4-9-18(15)20/h3-5,7-10,16,22H,2,6,11-14H2,1H3. The van der Waals surface area contributed by atoms with Crippen molar-refractivity contribution >= 4 is 5.97 Å². The zero-order valence-corrected chi connectivity index (χ0v) is 14.4. The number of carbonyl (C=O) groups is 1. The van der Waals surface area contributed by atoms with Crippen LogP contribution in [0.4, 0.5) is 4.39 Å². The van der Waals surface area contributed by atoms with Crippen LogP contribution in [0.15, 0.2) is 47.1 Å². The van der Waals surface area contributed by atoms with Gasteiger partial charge < -0.3 is 14.3 Å². The predicted molar refractivity (Wildman–Crippen MR) is 91.1 cm³/mol. The van der Waals surface area contributed by atoms with Crippen LogP contribution in [-0.4, -0.2) is 35.2 Å². The van der Waals surface area contributed by atoms with Gasteiger partial charge in [0.15, 0.2) is 0 Å². The maximum absolute atomic E-state index is 13.9. The van der Waals surface area contributed by atoms with Gasteiger partial charge in [-0.2, -0.15) is 0 Å². The summed E-state index contributed by atoms with van der Waals surface area (Å²) in [6.45, 7) is 2.77. The molecule has 1 N–H and O–H groups in total. The van der Waals surface area contributed by atoms with Crippen molar-refractivity contribution in [1.82, 2.24) is 4.90 Å². The molecule has 6 heteroatoms. The van der Waals surface area contributed by atoms with Crippen LogP contribution >= 0.6 is 0 Å². The maximum atomic E-state index is 13.9. The highest BCUT2D eigenvalue weighted by atomic mass is 19.1. The molecule has 0 bridgehead atoms. The molecule has 2 rings (SSSR count). The van der Waals surface area contributed by atoms with Crippen LogP contribution in [0.25, 0.3) is 0 Å². The van der Waals surface area contributed by atoms with Crippen LogP contribution in [0.5, 0.6) is 0 Å². The summed E-state index contributed by atoms with van der Waals surface area (Å²) in [5, 5.41) is 10.2. The molecule has 0 amide bonds. The molecule has 1 atom stereocenters. The molecule has 1 unspecified atom stereocenters. The summed E-state index contributed by atoms with van der Waals surface area (Å²) < 4.78 is 24.3. The van der Waals surface area contributed by atoms with E-state index in [4.69, 9.17) is 9.15 Å². The van der Waals surface area contributed by atoms with E-state index >= 15 is 0 Å². The van der Waals surface area contributed by atoms with Crippen molar-refractivity contribution in [3.8, 4) is 0 Å². The Bertz CT molecular complexity index is 645. The number of nitrogens with zero attached hydrogens (tertiary/aromatic N) is 1. The molecule has 0 aliphatic carbocycles. The highest BCUT2D eigenvalue weighted by Crippen LogP contribution is 2.14. The topological polar surface area (TPSA) is 62.9 Å². The first kappa shape index (κ1) is 19.1. The molecule has 1 heterocycles. The highest BCUT2D eigenvalue weighted by molar-refractivity contribution is 5.69. The first-order chi connectivity index (χ1) is 12.1. The summed E-state index contributed by atoms with van der Waals surface area (Å²) in [4.78, 5) is 13.3. The fourth-order valence-corrected chi connectivity index (χ4v) is 2.49. The summed E-state index contributed by atoms with van der Waals surface area (Å²) in [7, 11) is 0. The number of carbonyl (C=O) groups excluding carboxylic acids is 1. The Balaban J connectivity index is 1.96. The minimum absolute atomic E-state index is 0.0786. The molecule has 5 nitrogen and oxygen atoms in total. The molecule has 0 radical (unpaired) electrons. The number of aliphatic hydroxyl groups is 1. The van der Waals surface area contributed by atoms with Gasteiger partial charge in [-0.1, -0.05) is 25.1 Å². The van der Waals surface area contributed by atoms with Gasteiger partial charge in [-0.15, -0.1) is 0 Å². The number of halogens is 1. The molecule has 25 heavy (non-hydrogen) atoms. The number of hydrogen-bond acceptors (Lipinski definition) is 5. The van der Waals surface area contributed by atoms with Gasteiger partial charge in [0.25, 0.3) is 0 Å². The Morgan fingerprint density at radius 1 is 1.28 bits per heavy atom. The van der Waals surface area contributed by atoms with Gasteiger partial charge in [0.1, 0.15) is 24.3 Å². The molecule has 0 spiro atoms. The minimum Gasteiger partial charge on any atom is -0.468 e. The summed E-state index contributed by atoms with van der Waals surface area (Å²) >= 11 is 0. The molecule has 1 aromatic heterocycles. The average molecular weight is 349 g/mol. The third kappa shape index (κ3) is 6.68. The summed E-state index contributed by atoms with van der Waals surface area (Å²) in [6, 6.07) is 10.1. The second-order valence-electron chi connectivity index (χ2n) is 5.93. The van der Waals surface area contributed by atoms with Gasteiger partial charge in [0.2, 0.25) is 0 Å². The maximum Gasteiger partial charge on any atom is 0.305 e. The molecule has 1 aromatic carbocycles. The Labute approximate surface area is 147 Å². The molecule has 0 saturated carbocycles. The number of esters is 1. The van der Waals surface area contributed by atoms with Crippen molar-refractivity contribution in [2.45, 2.75) is 39.0 Å². The fraction of sp³-hybridized carbons (Fsp3) is 0.421. The molecular formula is C19H24FNO4. The second-order valence-corrected chi connectivity index (χ2v) is 5.93. The first-order valence-corrected chi connectivity index (χ1v) is 8.40. The normalized spacial score (nSPS) is 12.3. The van der Waals surface area contributed by atoms with Crippen LogP contribution in [0, 0.1) is 5.82 Å². The SMILES string of the molecule is CCCC(=O)OCC(O)CN(Cc1ccco1)Cc1ccccc1F. The second kappa shape index (κ2) is 9.96. The monoisotopic (exact) mass is 349 g/mol. The van der Waals surface area contributed by atoms with E-state index in [-0.39, 0.29) is 24.9 Å². The van der Waals surface area contributed by atoms with Crippen LogP contribution in [-0.2, 0) is 22.6 Å². The van der Waals surface area contributed by atoms with Crippen molar-refractivity contribution in [3.63, 3.8) is 0 Å². The van der Waals surface area contributed by atoms with Gasteiger partial charge in [-0.25, -0.2) is 4.39 Å². The van der Waals surface area contributed by atoms with Crippen LogP contribution in [0.3, 0.4) is 0 Å². The zero-order chi connectivity index (χ0) is 18.1. The Morgan fingerprint density at radius 3 is 2.76 bits per heavy atom. The lowest BCUT2D eigenvalue weighted by molar-refractivity contribution is -0.147. The van der Waals surface area contributed by atoms with E-state index < -0.39 is 6.10 Å². The third-order valence-electron chi connectivity index (χ3n) is 3.67. The largest absolute Gasteiger partial charge is 0.468 e. The minimum atomic E-state index is -0.859. The van der Waals surface area contributed by atoms with E-state index in [2.05, 4.69) is 0 Å². The highest BCUT2D eigenvalue weighted by Gasteiger charge is 2.17. The van der Waals surface area contributed by atoms with Gasteiger partial charge in [0, 0.05) is 25.1 Å². The number of ether oxygens (including phenoxy) is 1. The molecular weight excluding hydrogens is 325 g/mol. The van der Waals surface area contributed by atoms with Crippen molar-refractivity contribution < 1.29 is 23.4 Å². The molecule has 0 fully saturated rings. The quantitative estimate of drug-likeness (QED) is 0.668. The molecule has 136 valence electrons. The van der Waals surface area contributed by atoms with Crippen molar-refractivity contribution in [2.75, 3.05) is 13.2 Å². The summed E-state index contributed by atoms with van der Waals surface area (Å²) in [5.74, 6) is 0.0931. The first-order valence-electron chi connectivity index (χ1n) is 8.40. The smallest absolute Gasteiger partial charge is 0.305 e. The van der Waals surface area contributed by atoms with Gasteiger partial charge >= 0.3 is 5.97 Å². The lowest BCUT2D eigenvalue weighted by atomic mass is 10.2. The average Bonchev–Trinajstić information content (AvgIpc) is 3.08. The predicted octanol–water partition coefficient (Wildman–Crippen LogP) is 3.13. The summed E-state index contributed by atoms with van der Waals surface area (Å²) in [6.07, 6.45) is 1.74. The molecule has 2 aromatic rings. The van der Waals surface area contributed by atoms with E-state index in [1.165, 1.54) is 6.07 Å². The Morgan fingerprint density at radius 2 is 2.08 bits per heavy atom. The van der Waals surface area contributed by atoms with Crippen molar-refractivity contribution in [1.29, 1.82) is 0 Å². The number of benzene rings is 1. The van der Waals surface area contributed by atoms with Gasteiger partial charge in [-0.05, 0) is 24.6 Å². The summed E-state index contributed by atoms with van der Waals surface area (Å²) in [5.41, 5.74) is 0.532. The zero-order valence-electron chi connectivity index (χ0n) is 14.4.